The first-order valence-corrected chi connectivity index (χ1v) is 5.84. The van der Waals surface area contributed by atoms with Gasteiger partial charge in [0.05, 0.1) is 0 Å². The third-order valence-electron chi connectivity index (χ3n) is 2.73. The monoisotopic (exact) mass is 238 g/mol. The second-order valence-corrected chi connectivity index (χ2v) is 4.22. The van der Waals surface area contributed by atoms with Crippen molar-refractivity contribution in [3.05, 3.63) is 65.4 Å². The predicted octanol–water partition coefficient (Wildman–Crippen LogP) is 4.83. The van der Waals surface area contributed by atoms with Crippen LogP contribution in [0.4, 0.5) is 0 Å². The van der Waals surface area contributed by atoms with Crippen molar-refractivity contribution < 1.29 is 4.42 Å². The molecule has 0 aliphatic carbocycles. The standard InChI is InChI=1S/C15H10OS/c17-15-13(11-6-2-1-3-7-11)10-12-8-4-5-9-14(12)16-15/h1-10H. The molecule has 0 saturated carbocycles. The van der Waals surface area contributed by atoms with Crippen LogP contribution in [0, 0.1) is 4.71 Å². The topological polar surface area (TPSA) is 13.1 Å². The molecule has 0 aliphatic rings. The summed E-state index contributed by atoms with van der Waals surface area (Å²) in [6.45, 7) is 0. The van der Waals surface area contributed by atoms with E-state index in [1.807, 2.05) is 54.6 Å². The van der Waals surface area contributed by atoms with E-state index in [4.69, 9.17) is 16.6 Å². The van der Waals surface area contributed by atoms with Gasteiger partial charge in [0.2, 0.25) is 0 Å². The molecule has 0 fully saturated rings. The van der Waals surface area contributed by atoms with Crippen LogP contribution in [0.3, 0.4) is 0 Å². The summed E-state index contributed by atoms with van der Waals surface area (Å²) in [6.07, 6.45) is 0. The van der Waals surface area contributed by atoms with Crippen LogP contribution >= 0.6 is 12.2 Å². The number of para-hydroxylation sites is 1. The Morgan fingerprint density at radius 1 is 0.824 bits per heavy atom. The van der Waals surface area contributed by atoms with Gasteiger partial charge in [-0.3, -0.25) is 0 Å². The lowest BCUT2D eigenvalue weighted by Gasteiger charge is -2.03. The maximum absolute atomic E-state index is 5.66. The fraction of sp³-hybridized carbons (Fsp3) is 0. The van der Waals surface area contributed by atoms with Crippen LogP contribution in [0.15, 0.2) is 65.1 Å². The first kappa shape index (κ1) is 10.2. The summed E-state index contributed by atoms with van der Waals surface area (Å²) >= 11 is 5.29. The minimum Gasteiger partial charge on any atom is -0.445 e. The van der Waals surface area contributed by atoms with Gasteiger partial charge in [-0.05, 0) is 29.9 Å². The van der Waals surface area contributed by atoms with Gasteiger partial charge in [0.15, 0.2) is 4.71 Å². The van der Waals surface area contributed by atoms with Crippen LogP contribution in [0.5, 0.6) is 0 Å². The summed E-state index contributed by atoms with van der Waals surface area (Å²) in [6, 6.07) is 20.0. The van der Waals surface area contributed by atoms with Gasteiger partial charge < -0.3 is 4.42 Å². The highest BCUT2D eigenvalue weighted by Crippen LogP contribution is 2.25. The third kappa shape index (κ3) is 1.87. The summed E-state index contributed by atoms with van der Waals surface area (Å²) in [5, 5.41) is 1.07. The minimum absolute atomic E-state index is 0.537. The van der Waals surface area contributed by atoms with Crippen molar-refractivity contribution >= 4 is 23.2 Å². The highest BCUT2D eigenvalue weighted by molar-refractivity contribution is 7.71. The molecule has 0 radical (unpaired) electrons. The van der Waals surface area contributed by atoms with Crippen LogP contribution in [0.2, 0.25) is 0 Å². The van der Waals surface area contributed by atoms with Gasteiger partial charge in [-0.25, -0.2) is 0 Å². The Kier molecular flexibility index (Phi) is 2.50. The summed E-state index contributed by atoms with van der Waals surface area (Å²) in [5.74, 6) is 0. The Morgan fingerprint density at radius 2 is 1.53 bits per heavy atom. The van der Waals surface area contributed by atoms with Crippen LogP contribution in [0.25, 0.3) is 22.1 Å². The smallest absolute Gasteiger partial charge is 0.198 e. The Balaban J connectivity index is 2.31. The van der Waals surface area contributed by atoms with Gasteiger partial charge in [0.1, 0.15) is 5.58 Å². The Morgan fingerprint density at radius 3 is 2.35 bits per heavy atom. The van der Waals surface area contributed by atoms with Crippen molar-refractivity contribution in [1.29, 1.82) is 0 Å². The quantitative estimate of drug-likeness (QED) is 0.563. The maximum atomic E-state index is 5.66. The van der Waals surface area contributed by atoms with Gasteiger partial charge in [-0.1, -0.05) is 48.5 Å². The zero-order valence-electron chi connectivity index (χ0n) is 9.09. The van der Waals surface area contributed by atoms with Crippen LogP contribution in [-0.4, -0.2) is 0 Å². The maximum Gasteiger partial charge on any atom is 0.198 e. The van der Waals surface area contributed by atoms with E-state index < -0.39 is 0 Å². The first-order valence-electron chi connectivity index (χ1n) is 5.43. The number of fused-ring (bicyclic) bond motifs is 1. The Hall–Kier alpha value is -1.93. The first-order chi connectivity index (χ1) is 8.34. The molecule has 2 aromatic carbocycles. The lowest BCUT2D eigenvalue weighted by atomic mass is 10.1. The highest BCUT2D eigenvalue weighted by Gasteiger charge is 2.03. The molecule has 1 aromatic heterocycles. The second-order valence-electron chi connectivity index (χ2n) is 3.85. The van der Waals surface area contributed by atoms with Crippen molar-refractivity contribution in [2.75, 3.05) is 0 Å². The highest BCUT2D eigenvalue weighted by atomic mass is 32.1. The van der Waals surface area contributed by atoms with E-state index in [1.165, 1.54) is 0 Å². The summed E-state index contributed by atoms with van der Waals surface area (Å²) < 4.78 is 6.20. The molecule has 82 valence electrons. The number of benzene rings is 2. The fourth-order valence-electron chi connectivity index (χ4n) is 1.88. The molecule has 17 heavy (non-hydrogen) atoms. The van der Waals surface area contributed by atoms with Crippen molar-refractivity contribution in [3.63, 3.8) is 0 Å². The zero-order valence-corrected chi connectivity index (χ0v) is 9.91. The lowest BCUT2D eigenvalue weighted by molar-refractivity contribution is 0.589. The molecular formula is C15H10OS. The summed E-state index contributed by atoms with van der Waals surface area (Å²) in [7, 11) is 0. The Labute approximate surface area is 104 Å². The van der Waals surface area contributed by atoms with E-state index in [1.54, 1.807) is 0 Å². The summed E-state index contributed by atoms with van der Waals surface area (Å²) in [4.78, 5) is 0. The molecule has 1 heterocycles. The van der Waals surface area contributed by atoms with Crippen molar-refractivity contribution in [3.8, 4) is 11.1 Å². The average Bonchev–Trinajstić information content (AvgIpc) is 2.39. The largest absolute Gasteiger partial charge is 0.445 e. The van der Waals surface area contributed by atoms with E-state index in [0.29, 0.717) is 4.71 Å². The minimum atomic E-state index is 0.537. The van der Waals surface area contributed by atoms with E-state index in [-0.39, 0.29) is 0 Å². The number of hydrogen-bond donors (Lipinski definition) is 0. The average molecular weight is 238 g/mol. The van der Waals surface area contributed by atoms with Crippen LogP contribution in [0.1, 0.15) is 0 Å². The van der Waals surface area contributed by atoms with Gasteiger partial charge in [-0.15, -0.1) is 0 Å². The summed E-state index contributed by atoms with van der Waals surface area (Å²) in [5.41, 5.74) is 2.89. The van der Waals surface area contributed by atoms with Gasteiger partial charge in [0.25, 0.3) is 0 Å². The molecule has 1 nitrogen and oxygen atoms in total. The molecule has 2 heteroatoms. The predicted molar refractivity (Wildman–Crippen MR) is 72.5 cm³/mol. The van der Waals surface area contributed by atoms with E-state index >= 15 is 0 Å². The molecule has 0 saturated heterocycles. The van der Waals surface area contributed by atoms with E-state index in [9.17, 15) is 0 Å². The molecule has 0 amide bonds. The van der Waals surface area contributed by atoms with Gasteiger partial charge >= 0.3 is 0 Å². The molecule has 0 spiro atoms. The lowest BCUT2D eigenvalue weighted by Crippen LogP contribution is -1.80. The van der Waals surface area contributed by atoms with Crippen molar-refractivity contribution in [1.82, 2.24) is 0 Å². The molecule has 0 N–H and O–H groups in total. The van der Waals surface area contributed by atoms with Crippen LogP contribution in [-0.2, 0) is 0 Å². The number of hydrogen-bond acceptors (Lipinski definition) is 2. The fourth-order valence-corrected chi connectivity index (χ4v) is 2.15. The zero-order chi connectivity index (χ0) is 11.7. The van der Waals surface area contributed by atoms with Gasteiger partial charge in [-0.2, -0.15) is 0 Å². The SMILES string of the molecule is S=c1oc2ccccc2cc1-c1ccccc1. The molecule has 0 aliphatic heterocycles. The molecule has 3 rings (SSSR count). The number of rotatable bonds is 1. The second kappa shape index (κ2) is 4.15. The molecule has 0 bridgehead atoms. The molecule has 0 atom stereocenters. The molecule has 0 unspecified atom stereocenters. The van der Waals surface area contributed by atoms with Crippen LogP contribution < -0.4 is 0 Å². The normalized spacial score (nSPS) is 10.6. The third-order valence-corrected chi connectivity index (χ3v) is 3.03. The molecular weight excluding hydrogens is 228 g/mol. The van der Waals surface area contributed by atoms with Crippen molar-refractivity contribution in [2.24, 2.45) is 0 Å². The van der Waals surface area contributed by atoms with Crippen molar-refractivity contribution in [2.45, 2.75) is 0 Å². The Bertz CT molecular complexity index is 714. The molecule has 3 aromatic rings. The van der Waals surface area contributed by atoms with E-state index in [2.05, 4.69) is 6.07 Å². The van der Waals surface area contributed by atoms with E-state index in [0.717, 1.165) is 22.1 Å². The van der Waals surface area contributed by atoms with Gasteiger partial charge in [0, 0.05) is 10.9 Å².